The average Bonchev–Trinajstić information content (AvgIpc) is 2.94. The van der Waals surface area contributed by atoms with Crippen LogP contribution in [-0.2, 0) is 9.59 Å². The van der Waals surface area contributed by atoms with Crippen molar-refractivity contribution in [3.8, 4) is 0 Å². The van der Waals surface area contributed by atoms with Crippen LogP contribution >= 0.6 is 0 Å². The molecule has 1 aliphatic rings. The second-order valence-corrected chi connectivity index (χ2v) is 3.68. The van der Waals surface area contributed by atoms with Gasteiger partial charge in [-0.15, -0.1) is 0 Å². The predicted molar refractivity (Wildman–Crippen MR) is 52.4 cm³/mol. The standard InChI is InChI=1S/C9H17N3O2/c1-11-8(13)4-7(9(10)14)12-5-6-2-3-6/h6-7,12H,2-5H2,1H3,(H2,10,14)(H,11,13). The number of nitrogens with one attached hydrogen (secondary N) is 2. The van der Waals surface area contributed by atoms with Gasteiger partial charge >= 0.3 is 0 Å². The van der Waals surface area contributed by atoms with Crippen LogP contribution in [0, 0.1) is 5.92 Å². The quantitative estimate of drug-likeness (QED) is 0.511. The van der Waals surface area contributed by atoms with Gasteiger partial charge in [0.1, 0.15) is 0 Å². The third-order valence-corrected chi connectivity index (χ3v) is 2.36. The minimum Gasteiger partial charge on any atom is -0.368 e. The van der Waals surface area contributed by atoms with Gasteiger partial charge < -0.3 is 16.4 Å². The van der Waals surface area contributed by atoms with Gasteiger partial charge in [-0.05, 0) is 25.3 Å². The maximum Gasteiger partial charge on any atom is 0.235 e. The molecule has 0 aromatic rings. The van der Waals surface area contributed by atoms with Crippen molar-refractivity contribution in [2.75, 3.05) is 13.6 Å². The zero-order chi connectivity index (χ0) is 10.6. The van der Waals surface area contributed by atoms with E-state index in [0.29, 0.717) is 5.92 Å². The van der Waals surface area contributed by atoms with E-state index in [1.807, 2.05) is 0 Å². The number of carbonyl (C=O) groups excluding carboxylic acids is 2. The van der Waals surface area contributed by atoms with Crippen LogP contribution in [0.15, 0.2) is 0 Å². The zero-order valence-corrected chi connectivity index (χ0v) is 8.38. The first kappa shape index (κ1) is 11.0. The van der Waals surface area contributed by atoms with Crippen LogP contribution in [0.5, 0.6) is 0 Å². The summed E-state index contributed by atoms with van der Waals surface area (Å²) in [7, 11) is 1.54. The second-order valence-electron chi connectivity index (χ2n) is 3.68. The third-order valence-electron chi connectivity index (χ3n) is 2.36. The summed E-state index contributed by atoms with van der Waals surface area (Å²) in [6.45, 7) is 0.782. The van der Waals surface area contributed by atoms with Gasteiger partial charge in [-0.2, -0.15) is 0 Å². The first-order chi connectivity index (χ1) is 6.63. The molecule has 0 heterocycles. The van der Waals surface area contributed by atoms with Crippen molar-refractivity contribution < 1.29 is 9.59 Å². The molecule has 1 rings (SSSR count). The summed E-state index contributed by atoms with van der Waals surface area (Å²) in [4.78, 5) is 22.0. The van der Waals surface area contributed by atoms with E-state index in [9.17, 15) is 9.59 Å². The largest absolute Gasteiger partial charge is 0.368 e. The summed E-state index contributed by atoms with van der Waals surface area (Å²) in [5, 5.41) is 5.48. The Morgan fingerprint density at radius 1 is 1.50 bits per heavy atom. The Labute approximate surface area is 83.4 Å². The molecule has 0 saturated heterocycles. The lowest BCUT2D eigenvalue weighted by Crippen LogP contribution is -2.45. The minimum absolute atomic E-state index is 0.124. The Kier molecular flexibility index (Phi) is 3.88. The molecule has 0 spiro atoms. The van der Waals surface area contributed by atoms with Crippen molar-refractivity contribution in [2.24, 2.45) is 11.7 Å². The summed E-state index contributed by atoms with van der Waals surface area (Å²) in [5.41, 5.74) is 5.16. The van der Waals surface area contributed by atoms with Gasteiger partial charge in [0.25, 0.3) is 0 Å². The van der Waals surface area contributed by atoms with Crippen molar-refractivity contribution >= 4 is 11.8 Å². The van der Waals surface area contributed by atoms with Crippen LogP contribution in [0.2, 0.25) is 0 Å². The summed E-state index contributed by atoms with van der Waals surface area (Å²) < 4.78 is 0. The smallest absolute Gasteiger partial charge is 0.235 e. The highest BCUT2D eigenvalue weighted by atomic mass is 16.2. The molecular formula is C9H17N3O2. The Balaban J connectivity index is 2.29. The fraction of sp³-hybridized carbons (Fsp3) is 0.778. The van der Waals surface area contributed by atoms with E-state index in [-0.39, 0.29) is 12.3 Å². The Bertz CT molecular complexity index is 226. The minimum atomic E-state index is -0.532. The van der Waals surface area contributed by atoms with Crippen molar-refractivity contribution in [3.63, 3.8) is 0 Å². The van der Waals surface area contributed by atoms with Crippen LogP contribution in [0.4, 0.5) is 0 Å². The fourth-order valence-electron chi connectivity index (χ4n) is 1.19. The molecule has 0 aliphatic heterocycles. The molecule has 80 valence electrons. The number of nitrogens with two attached hydrogens (primary N) is 1. The highest BCUT2D eigenvalue weighted by Crippen LogP contribution is 2.27. The number of primary amides is 1. The van der Waals surface area contributed by atoms with Gasteiger partial charge in [-0.25, -0.2) is 0 Å². The first-order valence-electron chi connectivity index (χ1n) is 4.86. The van der Waals surface area contributed by atoms with Crippen molar-refractivity contribution in [3.05, 3.63) is 0 Å². The molecule has 14 heavy (non-hydrogen) atoms. The highest BCUT2D eigenvalue weighted by molar-refractivity contribution is 5.87. The molecule has 0 bridgehead atoms. The molecule has 2 amide bonds. The van der Waals surface area contributed by atoms with Gasteiger partial charge in [-0.1, -0.05) is 0 Å². The Morgan fingerprint density at radius 3 is 2.57 bits per heavy atom. The molecule has 1 aliphatic carbocycles. The van der Waals surface area contributed by atoms with Gasteiger partial charge in [0.2, 0.25) is 11.8 Å². The number of carbonyl (C=O) groups is 2. The molecule has 0 aromatic carbocycles. The fourth-order valence-corrected chi connectivity index (χ4v) is 1.19. The lowest BCUT2D eigenvalue weighted by molar-refractivity contribution is -0.126. The summed E-state index contributed by atoms with van der Waals surface area (Å²) in [5.74, 6) is 0.0351. The van der Waals surface area contributed by atoms with Gasteiger partial charge in [0.05, 0.1) is 12.5 Å². The van der Waals surface area contributed by atoms with Crippen molar-refractivity contribution in [2.45, 2.75) is 25.3 Å². The SMILES string of the molecule is CNC(=O)CC(NCC1CC1)C(N)=O. The van der Waals surface area contributed by atoms with Crippen LogP contribution < -0.4 is 16.4 Å². The van der Waals surface area contributed by atoms with Gasteiger partial charge in [0, 0.05) is 7.05 Å². The molecule has 0 radical (unpaired) electrons. The van der Waals surface area contributed by atoms with Crippen LogP contribution in [0.25, 0.3) is 0 Å². The monoisotopic (exact) mass is 199 g/mol. The van der Waals surface area contributed by atoms with E-state index in [2.05, 4.69) is 10.6 Å². The highest BCUT2D eigenvalue weighted by Gasteiger charge is 2.24. The van der Waals surface area contributed by atoms with E-state index in [0.717, 1.165) is 6.54 Å². The maximum atomic E-state index is 11.0. The number of hydrogen-bond donors (Lipinski definition) is 3. The molecule has 1 unspecified atom stereocenters. The first-order valence-corrected chi connectivity index (χ1v) is 4.86. The third kappa shape index (κ3) is 3.74. The molecule has 4 N–H and O–H groups in total. The van der Waals surface area contributed by atoms with E-state index >= 15 is 0 Å². The van der Waals surface area contributed by atoms with Crippen LogP contribution in [0.1, 0.15) is 19.3 Å². The molecule has 0 aromatic heterocycles. The zero-order valence-electron chi connectivity index (χ0n) is 8.38. The second kappa shape index (κ2) is 4.95. The molecular weight excluding hydrogens is 182 g/mol. The lowest BCUT2D eigenvalue weighted by atomic mass is 10.2. The summed E-state index contributed by atoms with van der Waals surface area (Å²) in [6, 6.07) is -0.532. The van der Waals surface area contributed by atoms with Gasteiger partial charge in [-0.3, -0.25) is 9.59 Å². The Morgan fingerprint density at radius 2 is 2.14 bits per heavy atom. The van der Waals surface area contributed by atoms with Crippen molar-refractivity contribution in [1.82, 2.24) is 10.6 Å². The molecule has 1 atom stereocenters. The topological polar surface area (TPSA) is 84.2 Å². The van der Waals surface area contributed by atoms with E-state index in [4.69, 9.17) is 5.73 Å². The molecule has 5 nitrogen and oxygen atoms in total. The van der Waals surface area contributed by atoms with Gasteiger partial charge in [0.15, 0.2) is 0 Å². The summed E-state index contributed by atoms with van der Waals surface area (Å²) in [6.07, 6.45) is 2.54. The average molecular weight is 199 g/mol. The van der Waals surface area contributed by atoms with E-state index < -0.39 is 11.9 Å². The molecule has 1 fully saturated rings. The lowest BCUT2D eigenvalue weighted by Gasteiger charge is -2.13. The van der Waals surface area contributed by atoms with Crippen LogP contribution in [-0.4, -0.2) is 31.4 Å². The van der Waals surface area contributed by atoms with E-state index in [1.54, 1.807) is 7.05 Å². The Hall–Kier alpha value is -1.10. The molecule has 1 saturated carbocycles. The number of rotatable bonds is 6. The number of amides is 2. The number of hydrogen-bond acceptors (Lipinski definition) is 3. The summed E-state index contributed by atoms with van der Waals surface area (Å²) >= 11 is 0. The van der Waals surface area contributed by atoms with E-state index in [1.165, 1.54) is 12.8 Å². The van der Waals surface area contributed by atoms with Crippen LogP contribution in [0.3, 0.4) is 0 Å². The predicted octanol–water partition coefficient (Wildman–Crippen LogP) is -1.02. The normalized spacial score (nSPS) is 17.5. The maximum absolute atomic E-state index is 11.0. The molecule has 5 heteroatoms. The van der Waals surface area contributed by atoms with Crippen molar-refractivity contribution in [1.29, 1.82) is 0 Å².